The minimum absolute atomic E-state index is 0.267. The molecule has 1 aromatic carbocycles. The van der Waals surface area contributed by atoms with E-state index in [0.717, 1.165) is 15.8 Å². The summed E-state index contributed by atoms with van der Waals surface area (Å²) in [5, 5.41) is 0. The molecule has 1 aromatic heterocycles. The second-order valence-corrected chi connectivity index (χ2v) is 9.78. The van der Waals surface area contributed by atoms with E-state index < -0.39 is 10.0 Å². The number of hydrogen-bond acceptors (Lipinski definition) is 3. The van der Waals surface area contributed by atoms with E-state index in [2.05, 4.69) is 46.6 Å². The summed E-state index contributed by atoms with van der Waals surface area (Å²) in [6.07, 6.45) is 1.09. The normalized spacial score (nSPS) is 14.7. The summed E-state index contributed by atoms with van der Waals surface area (Å²) in [6, 6.07) is 11.2. The fourth-order valence-electron chi connectivity index (χ4n) is 2.15. The van der Waals surface area contributed by atoms with E-state index in [1.807, 2.05) is 19.1 Å². The minimum Gasteiger partial charge on any atom is -0.206 e. The van der Waals surface area contributed by atoms with Crippen LogP contribution in [0, 0.1) is 0 Å². The third kappa shape index (κ3) is 4.19. The van der Waals surface area contributed by atoms with Crippen molar-refractivity contribution in [2.24, 2.45) is 0 Å². The quantitative estimate of drug-likeness (QED) is 0.734. The van der Waals surface area contributed by atoms with Crippen LogP contribution in [0.25, 0.3) is 0 Å². The molecule has 0 radical (unpaired) electrons. The zero-order valence-corrected chi connectivity index (χ0v) is 16.1. The fraction of sp³-hybridized carbons (Fsp3) is 0.375. The first-order valence-electron chi connectivity index (χ1n) is 7.21. The molecule has 6 heteroatoms. The molecule has 0 aliphatic heterocycles. The van der Waals surface area contributed by atoms with Crippen molar-refractivity contribution in [2.45, 2.75) is 43.4 Å². The number of benzene rings is 1. The molecule has 3 nitrogen and oxygen atoms in total. The predicted molar refractivity (Wildman–Crippen MR) is 95.9 cm³/mol. The van der Waals surface area contributed by atoms with E-state index in [-0.39, 0.29) is 6.04 Å². The third-order valence-electron chi connectivity index (χ3n) is 3.76. The minimum atomic E-state index is -3.48. The Balaban J connectivity index is 2.13. The lowest BCUT2D eigenvalue weighted by Gasteiger charge is -2.15. The van der Waals surface area contributed by atoms with Gasteiger partial charge in [-0.1, -0.05) is 38.1 Å². The molecule has 0 aliphatic carbocycles. The molecule has 0 amide bonds. The van der Waals surface area contributed by atoms with E-state index in [4.69, 9.17) is 0 Å². The van der Waals surface area contributed by atoms with Gasteiger partial charge in [-0.25, -0.2) is 13.1 Å². The molecule has 0 aliphatic rings. The van der Waals surface area contributed by atoms with Crippen LogP contribution in [0.5, 0.6) is 0 Å². The highest BCUT2D eigenvalue weighted by molar-refractivity contribution is 9.11. The van der Waals surface area contributed by atoms with Crippen LogP contribution >= 0.6 is 27.3 Å². The maximum absolute atomic E-state index is 12.3. The van der Waals surface area contributed by atoms with Crippen molar-refractivity contribution in [2.75, 3.05) is 0 Å². The van der Waals surface area contributed by atoms with Crippen LogP contribution in [0.4, 0.5) is 0 Å². The zero-order valence-electron chi connectivity index (χ0n) is 12.8. The Bertz CT molecular complexity index is 723. The van der Waals surface area contributed by atoms with Gasteiger partial charge in [0, 0.05) is 6.04 Å². The number of sulfonamides is 1. The average Bonchev–Trinajstić information content (AvgIpc) is 2.93. The van der Waals surface area contributed by atoms with Crippen LogP contribution in [-0.2, 0) is 10.0 Å². The third-order valence-corrected chi connectivity index (χ3v) is 7.42. The highest BCUT2D eigenvalue weighted by atomic mass is 79.9. The van der Waals surface area contributed by atoms with Gasteiger partial charge in [-0.3, -0.25) is 0 Å². The molecule has 2 unspecified atom stereocenters. The molecule has 120 valence electrons. The van der Waals surface area contributed by atoms with Crippen LogP contribution in [0.15, 0.2) is 44.4 Å². The van der Waals surface area contributed by atoms with Gasteiger partial charge in [0.05, 0.1) is 3.79 Å². The van der Waals surface area contributed by atoms with Crippen molar-refractivity contribution in [1.29, 1.82) is 0 Å². The van der Waals surface area contributed by atoms with Crippen molar-refractivity contribution >= 4 is 37.3 Å². The molecule has 0 fully saturated rings. The van der Waals surface area contributed by atoms with Crippen molar-refractivity contribution in [3.63, 3.8) is 0 Å². The molecular formula is C16H20BrNO2S2. The molecule has 0 saturated carbocycles. The molecule has 2 atom stereocenters. The van der Waals surface area contributed by atoms with Gasteiger partial charge in [0.25, 0.3) is 10.0 Å². The molecule has 1 N–H and O–H groups in total. The van der Waals surface area contributed by atoms with Gasteiger partial charge in [0.2, 0.25) is 0 Å². The summed E-state index contributed by atoms with van der Waals surface area (Å²) in [5.41, 5.74) is 2.25. The summed E-state index contributed by atoms with van der Waals surface area (Å²) < 4.78 is 28.5. The van der Waals surface area contributed by atoms with E-state index in [9.17, 15) is 8.42 Å². The Labute approximate surface area is 144 Å². The molecule has 0 spiro atoms. The lowest BCUT2D eigenvalue weighted by molar-refractivity contribution is 0.569. The topological polar surface area (TPSA) is 46.2 Å². The summed E-state index contributed by atoms with van der Waals surface area (Å²) in [5.74, 6) is 0.518. The molecule has 2 aromatic rings. The fourth-order valence-corrected chi connectivity index (χ4v) is 5.41. The average molecular weight is 402 g/mol. The maximum Gasteiger partial charge on any atom is 0.250 e. The van der Waals surface area contributed by atoms with Gasteiger partial charge in [0.1, 0.15) is 4.21 Å². The largest absolute Gasteiger partial charge is 0.250 e. The number of thiophene rings is 1. The van der Waals surface area contributed by atoms with Gasteiger partial charge in [-0.15, -0.1) is 11.3 Å². The van der Waals surface area contributed by atoms with Crippen LogP contribution < -0.4 is 4.72 Å². The van der Waals surface area contributed by atoms with Gasteiger partial charge in [-0.05, 0) is 58.5 Å². The Morgan fingerprint density at radius 2 is 1.68 bits per heavy atom. The molecule has 1 heterocycles. The smallest absolute Gasteiger partial charge is 0.206 e. The number of rotatable bonds is 6. The van der Waals surface area contributed by atoms with Crippen LogP contribution in [-0.4, -0.2) is 8.42 Å². The summed E-state index contributed by atoms with van der Waals surface area (Å²) in [6.45, 7) is 6.21. The lowest BCUT2D eigenvalue weighted by atomic mass is 9.96. The zero-order chi connectivity index (χ0) is 16.3. The first kappa shape index (κ1) is 17.7. The van der Waals surface area contributed by atoms with Gasteiger partial charge < -0.3 is 0 Å². The summed E-state index contributed by atoms with van der Waals surface area (Å²) in [7, 11) is -3.48. The standard InChI is InChI=1S/C16H20BrNO2S2/c1-4-11(2)13-5-7-14(8-6-13)12(3)18-22(19,20)16-10-9-15(17)21-16/h5-12,18H,4H2,1-3H3. The Morgan fingerprint density at radius 1 is 1.09 bits per heavy atom. The van der Waals surface area contributed by atoms with Gasteiger partial charge in [0.15, 0.2) is 0 Å². The van der Waals surface area contributed by atoms with E-state index in [0.29, 0.717) is 10.1 Å². The highest BCUT2D eigenvalue weighted by Crippen LogP contribution is 2.27. The summed E-state index contributed by atoms with van der Waals surface area (Å²) >= 11 is 4.50. The predicted octanol–water partition coefficient (Wildman–Crippen LogP) is 5.06. The number of hydrogen-bond donors (Lipinski definition) is 1. The molecule has 22 heavy (non-hydrogen) atoms. The van der Waals surface area contributed by atoms with Gasteiger partial charge >= 0.3 is 0 Å². The van der Waals surface area contributed by atoms with Crippen molar-refractivity contribution < 1.29 is 8.42 Å². The van der Waals surface area contributed by atoms with Gasteiger partial charge in [-0.2, -0.15) is 0 Å². The van der Waals surface area contributed by atoms with Crippen molar-refractivity contribution in [3.05, 3.63) is 51.3 Å². The Hall–Kier alpha value is -0.690. The Morgan fingerprint density at radius 3 is 2.18 bits per heavy atom. The monoisotopic (exact) mass is 401 g/mol. The summed E-state index contributed by atoms with van der Waals surface area (Å²) in [4.78, 5) is 0. The second-order valence-electron chi connectivity index (χ2n) is 5.38. The van der Waals surface area contributed by atoms with E-state index in [1.54, 1.807) is 12.1 Å². The maximum atomic E-state index is 12.3. The van der Waals surface area contributed by atoms with Crippen molar-refractivity contribution in [3.8, 4) is 0 Å². The van der Waals surface area contributed by atoms with Crippen LogP contribution in [0.2, 0.25) is 0 Å². The SMILES string of the molecule is CCC(C)c1ccc(C(C)NS(=O)(=O)c2ccc(Br)s2)cc1. The first-order valence-corrected chi connectivity index (χ1v) is 10.3. The highest BCUT2D eigenvalue weighted by Gasteiger charge is 2.20. The molecule has 0 saturated heterocycles. The molecule has 0 bridgehead atoms. The van der Waals surface area contributed by atoms with E-state index >= 15 is 0 Å². The second kappa shape index (κ2) is 7.25. The van der Waals surface area contributed by atoms with Crippen LogP contribution in [0.3, 0.4) is 0 Å². The molecule has 2 rings (SSSR count). The number of nitrogens with one attached hydrogen (secondary N) is 1. The van der Waals surface area contributed by atoms with Crippen molar-refractivity contribution in [1.82, 2.24) is 4.72 Å². The lowest BCUT2D eigenvalue weighted by Crippen LogP contribution is -2.26. The Kier molecular flexibility index (Phi) is 5.82. The first-order chi connectivity index (χ1) is 10.3. The molecular weight excluding hydrogens is 382 g/mol. The van der Waals surface area contributed by atoms with E-state index in [1.165, 1.54) is 16.9 Å². The van der Waals surface area contributed by atoms with Crippen LogP contribution in [0.1, 0.15) is 50.3 Å². The number of halogens is 1.